The minimum Gasteiger partial charge on any atom is -0.256 e. The van der Waals surface area contributed by atoms with Gasteiger partial charge >= 0.3 is 0 Å². The van der Waals surface area contributed by atoms with Crippen LogP contribution in [0.1, 0.15) is 115 Å². The number of benzene rings is 4. The van der Waals surface area contributed by atoms with Crippen LogP contribution in [0.3, 0.4) is 0 Å². The molecule has 1 nitrogen and oxygen atoms in total. The lowest BCUT2D eigenvalue weighted by molar-refractivity contribution is 0.398. The second-order valence-corrected chi connectivity index (χ2v) is 13.4. The van der Waals surface area contributed by atoms with Gasteiger partial charge in [0.15, 0.2) is 0 Å². The second-order valence-electron chi connectivity index (χ2n) is 13.4. The molecule has 0 atom stereocenters. The summed E-state index contributed by atoms with van der Waals surface area (Å²) >= 11 is 0. The number of rotatable bonds is 16. The lowest BCUT2D eigenvalue weighted by atomic mass is 9.70. The molecule has 1 aliphatic carbocycles. The van der Waals surface area contributed by atoms with Gasteiger partial charge in [-0.25, -0.2) is 0 Å². The highest BCUT2D eigenvalue weighted by Gasteiger charge is 2.42. The third kappa shape index (κ3) is 6.79. The van der Waals surface area contributed by atoms with Crippen molar-refractivity contribution in [2.24, 2.45) is 0 Å². The van der Waals surface area contributed by atoms with Crippen LogP contribution in [0.2, 0.25) is 0 Å². The van der Waals surface area contributed by atoms with Crippen molar-refractivity contribution in [1.29, 1.82) is 0 Å². The number of aromatic nitrogens is 1. The summed E-state index contributed by atoms with van der Waals surface area (Å²) in [7, 11) is 0. The average molecular weight is 594 g/mol. The number of nitrogens with zero attached hydrogens (tertiary/aromatic N) is 1. The van der Waals surface area contributed by atoms with Gasteiger partial charge in [0.25, 0.3) is 0 Å². The first-order valence-corrected chi connectivity index (χ1v) is 17.9. The van der Waals surface area contributed by atoms with Gasteiger partial charge in [0.2, 0.25) is 0 Å². The average Bonchev–Trinajstić information content (AvgIpc) is 3.36. The molecule has 1 heteroatoms. The van der Waals surface area contributed by atoms with Crippen LogP contribution in [0.25, 0.3) is 44.3 Å². The molecule has 0 N–H and O–H groups in total. The van der Waals surface area contributed by atoms with E-state index in [1.807, 2.05) is 6.20 Å². The van der Waals surface area contributed by atoms with E-state index in [0.717, 1.165) is 5.69 Å². The fourth-order valence-electron chi connectivity index (χ4n) is 7.91. The molecule has 0 aliphatic heterocycles. The monoisotopic (exact) mass is 593 g/mol. The molecule has 5 aromatic rings. The maximum absolute atomic E-state index is 4.84. The van der Waals surface area contributed by atoms with E-state index in [2.05, 4.69) is 111 Å². The van der Waals surface area contributed by atoms with Crippen molar-refractivity contribution in [1.82, 2.24) is 4.98 Å². The summed E-state index contributed by atoms with van der Waals surface area (Å²) in [5, 5.41) is 2.44. The molecule has 1 aromatic heterocycles. The molecule has 0 radical (unpaired) electrons. The largest absolute Gasteiger partial charge is 0.256 e. The summed E-state index contributed by atoms with van der Waals surface area (Å²) < 4.78 is 0. The Morgan fingerprint density at radius 3 is 1.89 bits per heavy atom. The highest BCUT2D eigenvalue weighted by Crippen LogP contribution is 2.55. The van der Waals surface area contributed by atoms with E-state index in [4.69, 9.17) is 4.98 Å². The maximum Gasteiger partial charge on any atom is 0.0780 e. The van der Waals surface area contributed by atoms with Crippen LogP contribution >= 0.6 is 0 Å². The molecule has 232 valence electrons. The van der Waals surface area contributed by atoms with Gasteiger partial charge in [0.05, 0.1) is 5.69 Å². The van der Waals surface area contributed by atoms with Crippen LogP contribution in [-0.2, 0) is 5.41 Å². The van der Waals surface area contributed by atoms with Crippen LogP contribution in [0.5, 0.6) is 0 Å². The predicted octanol–water partition coefficient (Wildman–Crippen LogP) is 13.3. The van der Waals surface area contributed by atoms with Crippen molar-refractivity contribution in [2.45, 2.75) is 109 Å². The Balaban J connectivity index is 1.36. The molecule has 0 saturated carbocycles. The molecular weight excluding hydrogens is 542 g/mol. The lowest BCUT2D eigenvalue weighted by Gasteiger charge is -2.33. The summed E-state index contributed by atoms with van der Waals surface area (Å²) in [5.74, 6) is 0. The standard InChI is InChI=1S/C44H51N/c1-3-5-7-9-11-17-29-44(30-18-12-10-8-6-4-2)41-25-16-15-24-39(41)40-27-26-36(33-42(40)44)35-21-19-22-37(32-35)43-38-23-14-13-20-34(38)28-31-45-43/h13-16,19-28,31-33H,3-12,17-18,29-30H2,1-2H3. The summed E-state index contributed by atoms with van der Waals surface area (Å²) in [4.78, 5) is 4.84. The fourth-order valence-corrected chi connectivity index (χ4v) is 7.91. The van der Waals surface area contributed by atoms with Crippen LogP contribution < -0.4 is 0 Å². The zero-order valence-corrected chi connectivity index (χ0v) is 27.7. The Morgan fingerprint density at radius 2 is 1.11 bits per heavy atom. The first kappa shape index (κ1) is 31.3. The SMILES string of the molecule is CCCCCCCCC1(CCCCCCCC)c2ccccc2-c2ccc(-c3cccc(-c4nccc5ccccc45)c3)cc21. The van der Waals surface area contributed by atoms with Crippen molar-refractivity contribution < 1.29 is 0 Å². The second kappa shape index (κ2) is 15.0. The smallest absolute Gasteiger partial charge is 0.0780 e. The van der Waals surface area contributed by atoms with E-state index in [0.29, 0.717) is 0 Å². The van der Waals surface area contributed by atoms with Crippen molar-refractivity contribution in [2.75, 3.05) is 0 Å². The topological polar surface area (TPSA) is 12.9 Å². The summed E-state index contributed by atoms with van der Waals surface area (Å²) in [6.07, 6.45) is 20.6. The molecule has 4 aromatic carbocycles. The number of hydrogen-bond donors (Lipinski definition) is 0. The normalized spacial score (nSPS) is 13.2. The quantitative estimate of drug-likeness (QED) is 0.104. The van der Waals surface area contributed by atoms with E-state index in [-0.39, 0.29) is 5.41 Å². The molecule has 6 rings (SSSR count). The van der Waals surface area contributed by atoms with Crippen LogP contribution in [0.4, 0.5) is 0 Å². The Kier molecular flexibility index (Phi) is 10.5. The van der Waals surface area contributed by atoms with E-state index >= 15 is 0 Å². The van der Waals surface area contributed by atoms with E-state index < -0.39 is 0 Å². The Hall–Kier alpha value is -3.71. The molecule has 0 unspecified atom stereocenters. The van der Waals surface area contributed by atoms with Gasteiger partial charge in [-0.05, 0) is 69.8 Å². The van der Waals surface area contributed by atoms with Crippen LogP contribution in [0.15, 0.2) is 103 Å². The van der Waals surface area contributed by atoms with E-state index in [1.165, 1.54) is 128 Å². The molecule has 0 bridgehead atoms. The highest BCUT2D eigenvalue weighted by atomic mass is 14.7. The van der Waals surface area contributed by atoms with E-state index in [1.54, 1.807) is 11.1 Å². The van der Waals surface area contributed by atoms with E-state index in [9.17, 15) is 0 Å². The van der Waals surface area contributed by atoms with Crippen molar-refractivity contribution in [3.63, 3.8) is 0 Å². The number of fused-ring (bicyclic) bond motifs is 4. The van der Waals surface area contributed by atoms with Gasteiger partial charge in [-0.3, -0.25) is 4.98 Å². The Labute approximate surface area is 272 Å². The molecule has 1 aliphatic rings. The predicted molar refractivity (Wildman–Crippen MR) is 195 cm³/mol. The summed E-state index contributed by atoms with van der Waals surface area (Å²) in [6.45, 7) is 4.63. The van der Waals surface area contributed by atoms with Gasteiger partial charge in [-0.2, -0.15) is 0 Å². The van der Waals surface area contributed by atoms with Gasteiger partial charge in [-0.1, -0.05) is 170 Å². The third-order valence-electron chi connectivity index (χ3n) is 10.3. The highest BCUT2D eigenvalue weighted by molar-refractivity contribution is 5.95. The molecule has 45 heavy (non-hydrogen) atoms. The minimum absolute atomic E-state index is 0.103. The van der Waals surface area contributed by atoms with Gasteiger partial charge in [0, 0.05) is 22.6 Å². The molecule has 1 heterocycles. The Bertz CT molecular complexity index is 1670. The Morgan fingerprint density at radius 1 is 0.489 bits per heavy atom. The van der Waals surface area contributed by atoms with Crippen LogP contribution in [0, 0.1) is 0 Å². The molecule has 0 fully saturated rings. The van der Waals surface area contributed by atoms with Gasteiger partial charge in [-0.15, -0.1) is 0 Å². The fraction of sp³-hybridized carbons (Fsp3) is 0.386. The maximum atomic E-state index is 4.84. The number of pyridine rings is 1. The first-order valence-electron chi connectivity index (χ1n) is 17.9. The van der Waals surface area contributed by atoms with Crippen molar-refractivity contribution in [3.05, 3.63) is 114 Å². The minimum atomic E-state index is 0.103. The van der Waals surface area contributed by atoms with Crippen molar-refractivity contribution >= 4 is 10.8 Å². The molecular formula is C44H51N. The molecule has 0 spiro atoms. The summed E-state index contributed by atoms with van der Waals surface area (Å²) in [5.41, 5.74) is 11.0. The molecule has 0 saturated heterocycles. The lowest BCUT2D eigenvalue weighted by Crippen LogP contribution is -2.25. The first-order chi connectivity index (χ1) is 22.2. The zero-order valence-electron chi connectivity index (χ0n) is 27.7. The number of unbranched alkanes of at least 4 members (excludes halogenated alkanes) is 10. The summed E-state index contributed by atoms with van der Waals surface area (Å²) in [6, 6.07) is 36.4. The van der Waals surface area contributed by atoms with Crippen molar-refractivity contribution in [3.8, 4) is 33.5 Å². The number of hydrogen-bond acceptors (Lipinski definition) is 1. The van der Waals surface area contributed by atoms with Gasteiger partial charge in [0.1, 0.15) is 0 Å². The molecule has 0 amide bonds. The van der Waals surface area contributed by atoms with Crippen LogP contribution in [-0.4, -0.2) is 4.98 Å². The third-order valence-corrected chi connectivity index (χ3v) is 10.3. The van der Waals surface area contributed by atoms with Gasteiger partial charge < -0.3 is 0 Å². The zero-order chi connectivity index (χ0) is 30.9.